The number of hydrogen-bond donors (Lipinski definition) is 1. The molecule has 1 aromatic carbocycles. The number of nitro groups is 1. The van der Waals surface area contributed by atoms with Crippen LogP contribution >= 0.6 is 0 Å². The molecular formula is C10H10N2O2. The molecule has 72 valence electrons. The fourth-order valence-electron chi connectivity index (χ4n) is 1.65. The number of para-hydroxylation sites is 1. The van der Waals surface area contributed by atoms with Crippen LogP contribution in [0.5, 0.6) is 0 Å². The average Bonchev–Trinajstić information content (AvgIpc) is 2.55. The SMILES string of the molecule is CCc1[nH]c2ccccc2c1[N+](=O)[O-]. The molecule has 14 heavy (non-hydrogen) atoms. The van der Waals surface area contributed by atoms with Gasteiger partial charge in [0.15, 0.2) is 0 Å². The third-order valence-electron chi connectivity index (χ3n) is 2.29. The van der Waals surface area contributed by atoms with Crippen molar-refractivity contribution < 1.29 is 4.92 Å². The van der Waals surface area contributed by atoms with Gasteiger partial charge >= 0.3 is 0 Å². The number of aromatic amines is 1. The second-order valence-corrected chi connectivity index (χ2v) is 3.11. The molecule has 0 amide bonds. The number of rotatable bonds is 2. The van der Waals surface area contributed by atoms with E-state index in [2.05, 4.69) is 4.98 Å². The van der Waals surface area contributed by atoms with Crippen LogP contribution in [-0.4, -0.2) is 9.91 Å². The van der Waals surface area contributed by atoms with Crippen molar-refractivity contribution in [1.29, 1.82) is 0 Å². The van der Waals surface area contributed by atoms with Crippen LogP contribution in [0.1, 0.15) is 12.6 Å². The maximum absolute atomic E-state index is 10.8. The Balaban J connectivity index is 2.81. The summed E-state index contributed by atoms with van der Waals surface area (Å²) in [5.41, 5.74) is 1.73. The van der Waals surface area contributed by atoms with Crippen LogP contribution in [0.4, 0.5) is 5.69 Å². The van der Waals surface area contributed by atoms with Gasteiger partial charge in [0.05, 0.1) is 21.5 Å². The zero-order valence-corrected chi connectivity index (χ0v) is 7.78. The quantitative estimate of drug-likeness (QED) is 0.584. The third-order valence-corrected chi connectivity index (χ3v) is 2.29. The first-order valence-corrected chi connectivity index (χ1v) is 4.48. The predicted octanol–water partition coefficient (Wildman–Crippen LogP) is 2.64. The van der Waals surface area contributed by atoms with Gasteiger partial charge in [-0.25, -0.2) is 0 Å². The summed E-state index contributed by atoms with van der Waals surface area (Å²) in [4.78, 5) is 13.6. The lowest BCUT2D eigenvalue weighted by molar-refractivity contribution is -0.383. The Kier molecular flexibility index (Phi) is 1.96. The molecule has 4 nitrogen and oxygen atoms in total. The highest BCUT2D eigenvalue weighted by Crippen LogP contribution is 2.29. The summed E-state index contributed by atoms with van der Waals surface area (Å²) in [6, 6.07) is 7.29. The highest BCUT2D eigenvalue weighted by atomic mass is 16.6. The van der Waals surface area contributed by atoms with Gasteiger partial charge in [-0.15, -0.1) is 0 Å². The molecule has 0 spiro atoms. The minimum absolute atomic E-state index is 0.211. The third kappa shape index (κ3) is 1.16. The van der Waals surface area contributed by atoms with Gasteiger partial charge in [-0.3, -0.25) is 10.1 Å². The van der Waals surface area contributed by atoms with E-state index in [1.807, 2.05) is 25.1 Å². The van der Waals surface area contributed by atoms with E-state index in [0.717, 1.165) is 5.52 Å². The van der Waals surface area contributed by atoms with Gasteiger partial charge in [0.25, 0.3) is 5.69 Å². The van der Waals surface area contributed by atoms with Gasteiger partial charge in [0.2, 0.25) is 0 Å². The van der Waals surface area contributed by atoms with E-state index in [1.54, 1.807) is 6.07 Å². The molecule has 1 N–H and O–H groups in total. The molecule has 0 aliphatic rings. The predicted molar refractivity (Wildman–Crippen MR) is 54.3 cm³/mol. The van der Waals surface area contributed by atoms with Crippen LogP contribution < -0.4 is 0 Å². The van der Waals surface area contributed by atoms with Crippen molar-refractivity contribution in [3.8, 4) is 0 Å². The topological polar surface area (TPSA) is 58.9 Å². The zero-order valence-electron chi connectivity index (χ0n) is 7.78. The van der Waals surface area contributed by atoms with Crippen LogP contribution in [-0.2, 0) is 6.42 Å². The molecule has 0 aliphatic carbocycles. The normalized spacial score (nSPS) is 10.6. The summed E-state index contributed by atoms with van der Waals surface area (Å²) in [5, 5.41) is 11.5. The second-order valence-electron chi connectivity index (χ2n) is 3.11. The van der Waals surface area contributed by atoms with Gasteiger partial charge in [-0.05, 0) is 18.6 Å². The maximum Gasteiger partial charge on any atom is 0.297 e. The summed E-state index contributed by atoms with van der Waals surface area (Å²) in [6.45, 7) is 1.90. The number of aryl methyl sites for hydroxylation is 1. The molecule has 1 heterocycles. The first kappa shape index (κ1) is 8.74. The largest absolute Gasteiger partial charge is 0.353 e. The maximum atomic E-state index is 10.8. The van der Waals surface area contributed by atoms with Crippen LogP contribution in [0.3, 0.4) is 0 Å². The van der Waals surface area contributed by atoms with Crippen LogP contribution in [0.2, 0.25) is 0 Å². The first-order valence-electron chi connectivity index (χ1n) is 4.48. The highest BCUT2D eigenvalue weighted by molar-refractivity contribution is 5.90. The summed E-state index contributed by atoms with van der Waals surface area (Å²) >= 11 is 0. The van der Waals surface area contributed by atoms with Crippen molar-refractivity contribution in [2.75, 3.05) is 0 Å². The summed E-state index contributed by atoms with van der Waals surface area (Å²) in [5.74, 6) is 0. The molecule has 4 heteroatoms. The van der Waals surface area contributed by atoms with E-state index in [1.165, 1.54) is 0 Å². The number of fused-ring (bicyclic) bond motifs is 1. The lowest BCUT2D eigenvalue weighted by atomic mass is 10.2. The number of benzene rings is 1. The van der Waals surface area contributed by atoms with Crippen molar-refractivity contribution in [3.05, 3.63) is 40.1 Å². The molecule has 2 aromatic rings. The van der Waals surface area contributed by atoms with Gasteiger partial charge in [-0.1, -0.05) is 19.1 Å². The Hall–Kier alpha value is -1.84. The highest BCUT2D eigenvalue weighted by Gasteiger charge is 2.19. The monoisotopic (exact) mass is 190 g/mol. The minimum atomic E-state index is -0.322. The molecule has 0 saturated carbocycles. The number of nitrogens with zero attached hydrogens (tertiary/aromatic N) is 1. The first-order chi connectivity index (χ1) is 6.74. The van der Waals surface area contributed by atoms with Crippen molar-refractivity contribution >= 4 is 16.6 Å². The van der Waals surface area contributed by atoms with E-state index in [-0.39, 0.29) is 10.6 Å². The Morgan fingerprint density at radius 2 is 2.14 bits per heavy atom. The van der Waals surface area contributed by atoms with E-state index in [9.17, 15) is 10.1 Å². The second kappa shape index (κ2) is 3.14. The summed E-state index contributed by atoms with van der Waals surface area (Å²) in [6.07, 6.45) is 0.644. The zero-order chi connectivity index (χ0) is 10.1. The van der Waals surface area contributed by atoms with Crippen molar-refractivity contribution in [3.63, 3.8) is 0 Å². The van der Waals surface area contributed by atoms with Gasteiger partial charge < -0.3 is 4.98 Å². The standard InChI is InChI=1S/C10H10N2O2/c1-2-8-10(12(13)14)7-5-3-4-6-9(7)11-8/h3-6,11H,2H2,1H3. The van der Waals surface area contributed by atoms with Gasteiger partial charge in [0.1, 0.15) is 0 Å². The van der Waals surface area contributed by atoms with E-state index >= 15 is 0 Å². The molecule has 0 fully saturated rings. The molecule has 2 rings (SSSR count). The molecule has 0 radical (unpaired) electrons. The molecule has 0 bridgehead atoms. The number of H-pyrrole nitrogens is 1. The number of nitrogens with one attached hydrogen (secondary N) is 1. The molecule has 1 aromatic heterocycles. The fourth-order valence-corrected chi connectivity index (χ4v) is 1.65. The summed E-state index contributed by atoms with van der Waals surface area (Å²) in [7, 11) is 0. The molecule has 0 aliphatic heterocycles. The van der Waals surface area contributed by atoms with Crippen LogP contribution in [0.15, 0.2) is 24.3 Å². The van der Waals surface area contributed by atoms with Gasteiger partial charge in [0, 0.05) is 0 Å². The Morgan fingerprint density at radius 3 is 2.79 bits per heavy atom. The van der Waals surface area contributed by atoms with E-state index in [0.29, 0.717) is 17.5 Å². The average molecular weight is 190 g/mol. The van der Waals surface area contributed by atoms with E-state index < -0.39 is 0 Å². The lowest BCUT2D eigenvalue weighted by Gasteiger charge is -1.90. The fraction of sp³-hybridized carbons (Fsp3) is 0.200. The number of aromatic nitrogens is 1. The lowest BCUT2D eigenvalue weighted by Crippen LogP contribution is -1.91. The van der Waals surface area contributed by atoms with Crippen LogP contribution in [0, 0.1) is 10.1 Å². The minimum Gasteiger partial charge on any atom is -0.353 e. The van der Waals surface area contributed by atoms with E-state index in [4.69, 9.17) is 0 Å². The van der Waals surface area contributed by atoms with Crippen molar-refractivity contribution in [2.24, 2.45) is 0 Å². The molecule has 0 unspecified atom stereocenters. The van der Waals surface area contributed by atoms with Crippen molar-refractivity contribution in [1.82, 2.24) is 4.98 Å². The van der Waals surface area contributed by atoms with Gasteiger partial charge in [-0.2, -0.15) is 0 Å². The molecular weight excluding hydrogens is 180 g/mol. The van der Waals surface area contributed by atoms with Crippen LogP contribution in [0.25, 0.3) is 10.9 Å². The van der Waals surface area contributed by atoms with Crippen molar-refractivity contribution in [2.45, 2.75) is 13.3 Å². The smallest absolute Gasteiger partial charge is 0.297 e. The molecule has 0 atom stereocenters. The Labute approximate surface area is 80.7 Å². The Bertz CT molecular complexity index is 488. The summed E-state index contributed by atoms with van der Waals surface area (Å²) < 4.78 is 0. The Morgan fingerprint density at radius 1 is 1.43 bits per heavy atom. The molecule has 0 saturated heterocycles. The number of hydrogen-bond acceptors (Lipinski definition) is 2.